The number of nitrogens with zero attached hydrogens (tertiary/aromatic N) is 1. The van der Waals surface area contributed by atoms with Gasteiger partial charge >= 0.3 is 11.9 Å². The molecule has 4 atom stereocenters. The zero-order valence-electron chi connectivity index (χ0n) is 14.9. The molecule has 6 N–H and O–H groups in total. The molecule has 11 nitrogen and oxygen atoms in total. The Morgan fingerprint density at radius 1 is 1.07 bits per heavy atom. The van der Waals surface area contributed by atoms with Gasteiger partial charge in [-0.2, -0.15) is 25.3 Å². The molecule has 0 radical (unpaired) electrons. The normalized spacial score (nSPS) is 19.4. The van der Waals surface area contributed by atoms with Gasteiger partial charge < -0.3 is 31.5 Å². The molecule has 3 amide bonds. The van der Waals surface area contributed by atoms with Crippen LogP contribution in [0.25, 0.3) is 0 Å². The van der Waals surface area contributed by atoms with Gasteiger partial charge in [0.25, 0.3) is 0 Å². The van der Waals surface area contributed by atoms with Gasteiger partial charge in [-0.1, -0.05) is 0 Å². The second-order valence-electron chi connectivity index (χ2n) is 6.22. The number of hydrogen-bond donors (Lipinski definition) is 7. The molecule has 0 aromatic carbocycles. The van der Waals surface area contributed by atoms with Crippen LogP contribution in [0.1, 0.15) is 19.3 Å². The molecule has 4 unspecified atom stereocenters. The van der Waals surface area contributed by atoms with E-state index >= 15 is 0 Å². The summed E-state index contributed by atoms with van der Waals surface area (Å²) in [5.74, 6) is -4.90. The SMILES string of the molecule is NC(CS)C(=O)NC(CC(=O)O)C(=O)N1CCCC1C(=O)NC(CS)C(=O)O. The lowest BCUT2D eigenvalue weighted by molar-refractivity contribution is -0.147. The van der Waals surface area contributed by atoms with Crippen LogP contribution in [0.4, 0.5) is 0 Å². The molecule has 0 aromatic heterocycles. The van der Waals surface area contributed by atoms with Gasteiger partial charge in [-0.3, -0.25) is 19.2 Å². The maximum absolute atomic E-state index is 12.8. The molecule has 0 bridgehead atoms. The van der Waals surface area contributed by atoms with Crippen molar-refractivity contribution in [1.29, 1.82) is 0 Å². The lowest BCUT2D eigenvalue weighted by atomic mass is 10.1. The minimum Gasteiger partial charge on any atom is -0.481 e. The summed E-state index contributed by atoms with van der Waals surface area (Å²) < 4.78 is 0. The number of aliphatic carboxylic acids is 2. The van der Waals surface area contributed by atoms with Crippen LogP contribution < -0.4 is 16.4 Å². The van der Waals surface area contributed by atoms with E-state index in [1.165, 1.54) is 0 Å². The molecule has 0 spiro atoms. The zero-order valence-corrected chi connectivity index (χ0v) is 16.7. The van der Waals surface area contributed by atoms with Crippen LogP contribution in [0.2, 0.25) is 0 Å². The minimum absolute atomic E-state index is 0.00509. The smallest absolute Gasteiger partial charge is 0.327 e. The number of likely N-dealkylation sites (tertiary alicyclic amines) is 1. The molecule has 0 aromatic rings. The number of hydrogen-bond acceptors (Lipinski definition) is 8. The van der Waals surface area contributed by atoms with Crippen LogP contribution in [-0.2, 0) is 24.0 Å². The van der Waals surface area contributed by atoms with Gasteiger partial charge in [-0.05, 0) is 12.8 Å². The van der Waals surface area contributed by atoms with Gasteiger partial charge in [-0.25, -0.2) is 4.79 Å². The third kappa shape index (κ3) is 6.56. The summed E-state index contributed by atoms with van der Waals surface area (Å²) in [5, 5.41) is 22.7. The van der Waals surface area contributed by atoms with Gasteiger partial charge in [-0.15, -0.1) is 0 Å². The minimum atomic E-state index is -1.41. The molecule has 0 saturated carbocycles. The van der Waals surface area contributed by atoms with E-state index in [9.17, 15) is 24.0 Å². The van der Waals surface area contributed by atoms with Crippen LogP contribution >= 0.6 is 25.3 Å². The van der Waals surface area contributed by atoms with E-state index in [4.69, 9.17) is 15.9 Å². The van der Waals surface area contributed by atoms with Crippen LogP contribution in [0.5, 0.6) is 0 Å². The number of amides is 3. The van der Waals surface area contributed by atoms with Crippen molar-refractivity contribution in [3.63, 3.8) is 0 Å². The monoisotopic (exact) mass is 436 g/mol. The van der Waals surface area contributed by atoms with Gasteiger partial charge in [0.2, 0.25) is 17.7 Å². The van der Waals surface area contributed by atoms with E-state index in [1.807, 2.05) is 0 Å². The highest BCUT2D eigenvalue weighted by Gasteiger charge is 2.39. The Bertz CT molecular complexity index is 634. The largest absolute Gasteiger partial charge is 0.481 e. The third-order valence-electron chi connectivity index (χ3n) is 4.16. The Hall–Kier alpha value is -1.99. The maximum atomic E-state index is 12.8. The molecule has 1 saturated heterocycles. The molecule has 1 heterocycles. The quantitative estimate of drug-likeness (QED) is 0.187. The fourth-order valence-electron chi connectivity index (χ4n) is 2.69. The summed E-state index contributed by atoms with van der Waals surface area (Å²) in [5.41, 5.74) is 5.54. The molecular formula is C15H24N4O7S2. The van der Waals surface area contributed by atoms with Crippen LogP contribution in [0.15, 0.2) is 0 Å². The molecule has 1 aliphatic heterocycles. The summed E-state index contributed by atoms with van der Waals surface area (Å²) in [6.07, 6.45) is 0.0514. The zero-order chi connectivity index (χ0) is 21.4. The molecule has 0 aliphatic carbocycles. The van der Waals surface area contributed by atoms with E-state index in [-0.39, 0.29) is 24.5 Å². The Morgan fingerprint density at radius 2 is 1.71 bits per heavy atom. The first-order chi connectivity index (χ1) is 13.1. The van der Waals surface area contributed by atoms with Crippen molar-refractivity contribution in [2.45, 2.75) is 43.4 Å². The van der Waals surface area contributed by atoms with Gasteiger partial charge in [0.15, 0.2) is 0 Å². The number of thiol groups is 2. The highest BCUT2D eigenvalue weighted by Crippen LogP contribution is 2.19. The summed E-state index contributed by atoms with van der Waals surface area (Å²) >= 11 is 7.74. The van der Waals surface area contributed by atoms with Crippen molar-refractivity contribution in [1.82, 2.24) is 15.5 Å². The first kappa shape index (κ1) is 24.0. The number of carbonyl (C=O) groups excluding carboxylic acids is 3. The van der Waals surface area contributed by atoms with Crippen LogP contribution in [-0.4, -0.2) is 87.0 Å². The fraction of sp³-hybridized carbons (Fsp3) is 0.667. The number of rotatable bonds is 10. The van der Waals surface area contributed by atoms with E-state index in [2.05, 4.69) is 35.9 Å². The third-order valence-corrected chi connectivity index (χ3v) is 4.92. The second kappa shape index (κ2) is 11.1. The molecule has 158 valence electrons. The van der Waals surface area contributed by atoms with E-state index in [0.717, 1.165) is 4.90 Å². The second-order valence-corrected chi connectivity index (χ2v) is 6.95. The molecule has 1 rings (SSSR count). The lowest BCUT2D eigenvalue weighted by Crippen LogP contribution is -2.57. The fourth-order valence-corrected chi connectivity index (χ4v) is 3.11. The van der Waals surface area contributed by atoms with E-state index in [1.54, 1.807) is 0 Å². The topological polar surface area (TPSA) is 179 Å². The number of nitrogens with one attached hydrogen (secondary N) is 2. The summed E-state index contributed by atoms with van der Waals surface area (Å²) in [4.78, 5) is 60.5. The van der Waals surface area contributed by atoms with Crippen LogP contribution in [0, 0.1) is 0 Å². The van der Waals surface area contributed by atoms with Crippen LogP contribution in [0.3, 0.4) is 0 Å². The van der Waals surface area contributed by atoms with Gasteiger partial charge in [0.1, 0.15) is 18.1 Å². The molecular weight excluding hydrogens is 412 g/mol. The molecule has 28 heavy (non-hydrogen) atoms. The molecule has 1 aliphatic rings. The summed E-state index contributed by atoms with van der Waals surface area (Å²) in [6, 6.07) is -4.64. The lowest BCUT2D eigenvalue weighted by Gasteiger charge is -2.29. The van der Waals surface area contributed by atoms with Crippen molar-refractivity contribution in [2.24, 2.45) is 5.73 Å². The average Bonchev–Trinajstić information content (AvgIpc) is 3.13. The Labute approximate surface area is 172 Å². The predicted octanol–water partition coefficient (Wildman–Crippen LogP) is -2.31. The predicted molar refractivity (Wildman–Crippen MR) is 104 cm³/mol. The highest BCUT2D eigenvalue weighted by atomic mass is 32.1. The Balaban J connectivity index is 2.93. The van der Waals surface area contributed by atoms with E-state index in [0.29, 0.717) is 6.42 Å². The number of carboxylic acids is 2. The van der Waals surface area contributed by atoms with Crippen molar-refractivity contribution in [3.8, 4) is 0 Å². The molecule has 1 fully saturated rings. The van der Waals surface area contributed by atoms with E-state index < -0.39 is 60.2 Å². The van der Waals surface area contributed by atoms with Crippen molar-refractivity contribution in [2.75, 3.05) is 18.1 Å². The standard InChI is InChI=1S/C15H24N4O7S2/c16-7(5-27)12(22)17-8(4-11(20)21)14(24)19-3-1-2-10(19)13(23)18-9(6-28)15(25)26/h7-10,27-28H,1-6,16H2,(H,17,22)(H,18,23)(H,20,21)(H,25,26). The van der Waals surface area contributed by atoms with Crippen molar-refractivity contribution >= 4 is 54.9 Å². The number of nitrogens with two attached hydrogens (primary N) is 1. The number of carbonyl (C=O) groups is 5. The summed E-state index contributed by atoms with van der Waals surface area (Å²) in [7, 11) is 0. The van der Waals surface area contributed by atoms with Gasteiger partial charge in [0.05, 0.1) is 12.5 Å². The number of carboxylic acid groups (broad SMARTS) is 2. The summed E-state index contributed by atoms with van der Waals surface area (Å²) in [6.45, 7) is 0.167. The van der Waals surface area contributed by atoms with Gasteiger partial charge in [0, 0.05) is 18.1 Å². The van der Waals surface area contributed by atoms with Crippen molar-refractivity contribution in [3.05, 3.63) is 0 Å². The Morgan fingerprint density at radius 3 is 2.21 bits per heavy atom. The first-order valence-corrected chi connectivity index (χ1v) is 9.72. The molecule has 13 heteroatoms. The van der Waals surface area contributed by atoms with Crippen molar-refractivity contribution < 1.29 is 34.2 Å². The maximum Gasteiger partial charge on any atom is 0.327 e. The average molecular weight is 437 g/mol. The highest BCUT2D eigenvalue weighted by molar-refractivity contribution is 7.80. The Kier molecular flexibility index (Phi) is 9.55. The first-order valence-electron chi connectivity index (χ1n) is 8.45.